The maximum atomic E-state index is 5.98. The molecule has 0 bridgehead atoms. The van der Waals surface area contributed by atoms with Crippen molar-refractivity contribution in [1.82, 2.24) is 5.32 Å². The van der Waals surface area contributed by atoms with Gasteiger partial charge in [0.15, 0.2) is 0 Å². The van der Waals surface area contributed by atoms with Gasteiger partial charge in [-0.3, -0.25) is 0 Å². The molecule has 0 amide bonds. The van der Waals surface area contributed by atoms with Crippen LogP contribution in [0.1, 0.15) is 38.0 Å². The first-order chi connectivity index (χ1) is 7.64. The van der Waals surface area contributed by atoms with Gasteiger partial charge in [-0.05, 0) is 49.8 Å². The molecule has 1 atom stereocenters. The lowest BCUT2D eigenvalue weighted by Crippen LogP contribution is -2.38. The van der Waals surface area contributed by atoms with E-state index in [0.29, 0.717) is 11.5 Å². The van der Waals surface area contributed by atoms with Crippen LogP contribution in [0.4, 0.5) is 0 Å². The quantitative estimate of drug-likeness (QED) is 0.809. The van der Waals surface area contributed by atoms with E-state index in [1.54, 1.807) is 11.3 Å². The van der Waals surface area contributed by atoms with Gasteiger partial charge in [0.1, 0.15) is 0 Å². The van der Waals surface area contributed by atoms with Gasteiger partial charge in [-0.25, -0.2) is 0 Å². The van der Waals surface area contributed by atoms with Crippen LogP contribution in [0.3, 0.4) is 0 Å². The highest BCUT2D eigenvalue weighted by Crippen LogP contribution is 2.49. The van der Waals surface area contributed by atoms with Crippen LogP contribution < -0.4 is 5.32 Å². The number of thiophene rings is 1. The van der Waals surface area contributed by atoms with Crippen molar-refractivity contribution in [2.75, 3.05) is 6.54 Å². The Morgan fingerprint density at radius 2 is 2.25 bits per heavy atom. The first-order valence-corrected chi connectivity index (χ1v) is 7.31. The smallest absolute Gasteiger partial charge is 0.0931 e. The normalized spacial score (nSPS) is 19.7. The van der Waals surface area contributed by atoms with Gasteiger partial charge in [0.05, 0.1) is 4.34 Å². The van der Waals surface area contributed by atoms with Gasteiger partial charge < -0.3 is 5.32 Å². The molecule has 3 heteroatoms. The SMILES string of the molecule is CCCNC(Cc1ccc(Cl)s1)C1(C)CC1. The second-order valence-corrected chi connectivity index (χ2v) is 6.87. The van der Waals surface area contributed by atoms with Crippen molar-refractivity contribution in [3.05, 3.63) is 21.3 Å². The summed E-state index contributed by atoms with van der Waals surface area (Å²) in [4.78, 5) is 1.41. The van der Waals surface area contributed by atoms with E-state index in [1.807, 2.05) is 6.07 Å². The number of halogens is 1. The van der Waals surface area contributed by atoms with E-state index in [1.165, 1.54) is 24.1 Å². The lowest BCUT2D eigenvalue weighted by Gasteiger charge is -2.24. The zero-order valence-corrected chi connectivity index (χ0v) is 11.6. The predicted molar refractivity (Wildman–Crippen MR) is 72.5 cm³/mol. The summed E-state index contributed by atoms with van der Waals surface area (Å²) in [7, 11) is 0. The summed E-state index contributed by atoms with van der Waals surface area (Å²) in [5.74, 6) is 0. The highest BCUT2D eigenvalue weighted by Gasteiger charge is 2.44. The second-order valence-electron chi connectivity index (χ2n) is 5.07. The standard InChI is InChI=1S/C13H20ClNS/c1-3-8-15-11(13(2)6-7-13)9-10-4-5-12(14)16-10/h4-5,11,15H,3,6-9H2,1-2H3. The Hall–Kier alpha value is -0.0500. The van der Waals surface area contributed by atoms with Gasteiger partial charge in [0, 0.05) is 10.9 Å². The highest BCUT2D eigenvalue weighted by atomic mass is 35.5. The zero-order valence-electron chi connectivity index (χ0n) is 10.1. The summed E-state index contributed by atoms with van der Waals surface area (Å²) in [5, 5.41) is 3.69. The molecule has 16 heavy (non-hydrogen) atoms. The molecule has 1 aromatic rings. The van der Waals surface area contributed by atoms with Crippen LogP contribution in [-0.4, -0.2) is 12.6 Å². The molecule has 1 nitrogen and oxygen atoms in total. The number of rotatable bonds is 6. The van der Waals surface area contributed by atoms with E-state index in [9.17, 15) is 0 Å². The Morgan fingerprint density at radius 1 is 1.50 bits per heavy atom. The minimum atomic E-state index is 0.533. The molecule has 1 saturated carbocycles. The van der Waals surface area contributed by atoms with E-state index >= 15 is 0 Å². The summed E-state index contributed by atoms with van der Waals surface area (Å²) in [5.41, 5.74) is 0.533. The first kappa shape index (κ1) is 12.4. The van der Waals surface area contributed by atoms with E-state index < -0.39 is 0 Å². The molecule has 0 radical (unpaired) electrons. The van der Waals surface area contributed by atoms with Crippen molar-refractivity contribution in [2.45, 2.75) is 45.6 Å². The fourth-order valence-electron chi connectivity index (χ4n) is 2.09. The minimum absolute atomic E-state index is 0.533. The molecular weight excluding hydrogens is 238 g/mol. The van der Waals surface area contributed by atoms with Crippen molar-refractivity contribution in [3.63, 3.8) is 0 Å². The van der Waals surface area contributed by atoms with Gasteiger partial charge in [-0.2, -0.15) is 0 Å². The number of nitrogens with one attached hydrogen (secondary N) is 1. The van der Waals surface area contributed by atoms with Gasteiger partial charge in [-0.1, -0.05) is 25.4 Å². The molecular formula is C13H20ClNS. The predicted octanol–water partition coefficient (Wildman–Crippen LogP) is 4.11. The highest BCUT2D eigenvalue weighted by molar-refractivity contribution is 7.16. The zero-order chi connectivity index (χ0) is 11.6. The van der Waals surface area contributed by atoms with Gasteiger partial charge in [0.25, 0.3) is 0 Å². The van der Waals surface area contributed by atoms with Gasteiger partial charge in [-0.15, -0.1) is 11.3 Å². The fraction of sp³-hybridized carbons (Fsp3) is 0.692. The van der Waals surface area contributed by atoms with Crippen molar-refractivity contribution < 1.29 is 0 Å². The molecule has 1 fully saturated rings. The average molecular weight is 258 g/mol. The summed E-state index contributed by atoms with van der Waals surface area (Å²) >= 11 is 7.70. The molecule has 1 N–H and O–H groups in total. The van der Waals surface area contributed by atoms with Crippen LogP contribution in [0.15, 0.2) is 12.1 Å². The molecule has 1 aliphatic carbocycles. The van der Waals surface area contributed by atoms with Crippen LogP contribution in [0.2, 0.25) is 4.34 Å². The average Bonchev–Trinajstić information content (AvgIpc) is 2.86. The Balaban J connectivity index is 1.96. The maximum Gasteiger partial charge on any atom is 0.0931 e. The monoisotopic (exact) mass is 257 g/mol. The molecule has 0 aliphatic heterocycles. The third-order valence-electron chi connectivity index (χ3n) is 3.55. The van der Waals surface area contributed by atoms with Gasteiger partial charge >= 0.3 is 0 Å². The van der Waals surface area contributed by atoms with Crippen LogP contribution in [-0.2, 0) is 6.42 Å². The summed E-state index contributed by atoms with van der Waals surface area (Å²) in [6, 6.07) is 4.80. The number of hydrogen-bond acceptors (Lipinski definition) is 2. The summed E-state index contributed by atoms with van der Waals surface area (Å²) in [6.07, 6.45) is 5.08. The summed E-state index contributed by atoms with van der Waals surface area (Å²) < 4.78 is 0.908. The fourth-order valence-corrected chi connectivity index (χ4v) is 3.22. The van der Waals surface area contributed by atoms with E-state index in [4.69, 9.17) is 11.6 Å². The topological polar surface area (TPSA) is 12.0 Å². The molecule has 0 spiro atoms. The molecule has 1 unspecified atom stereocenters. The van der Waals surface area contributed by atoms with Crippen LogP contribution in [0.25, 0.3) is 0 Å². The molecule has 1 aromatic heterocycles. The Kier molecular flexibility index (Phi) is 3.93. The van der Waals surface area contributed by atoms with Crippen LogP contribution in [0, 0.1) is 5.41 Å². The third kappa shape index (κ3) is 2.99. The molecule has 0 saturated heterocycles. The molecule has 2 rings (SSSR count). The van der Waals surface area contributed by atoms with Crippen LogP contribution >= 0.6 is 22.9 Å². The van der Waals surface area contributed by atoms with E-state index in [0.717, 1.165) is 17.3 Å². The number of hydrogen-bond donors (Lipinski definition) is 1. The van der Waals surface area contributed by atoms with Crippen LogP contribution in [0.5, 0.6) is 0 Å². The van der Waals surface area contributed by atoms with E-state index in [2.05, 4.69) is 25.2 Å². The Morgan fingerprint density at radius 3 is 2.75 bits per heavy atom. The largest absolute Gasteiger partial charge is 0.313 e. The first-order valence-electron chi connectivity index (χ1n) is 6.11. The second kappa shape index (κ2) is 5.07. The molecule has 1 aliphatic rings. The lowest BCUT2D eigenvalue weighted by molar-refractivity contribution is 0.356. The van der Waals surface area contributed by atoms with Crippen molar-refractivity contribution in [3.8, 4) is 0 Å². The Labute approximate surface area is 107 Å². The molecule has 0 aromatic carbocycles. The summed E-state index contributed by atoms with van der Waals surface area (Å²) in [6.45, 7) is 5.75. The molecule has 90 valence electrons. The van der Waals surface area contributed by atoms with E-state index in [-0.39, 0.29) is 0 Å². The maximum absolute atomic E-state index is 5.98. The van der Waals surface area contributed by atoms with Gasteiger partial charge in [0.2, 0.25) is 0 Å². The molecule has 1 heterocycles. The van der Waals surface area contributed by atoms with Crippen molar-refractivity contribution >= 4 is 22.9 Å². The minimum Gasteiger partial charge on any atom is -0.313 e. The Bertz CT molecular complexity index is 343. The lowest BCUT2D eigenvalue weighted by atomic mass is 9.95. The third-order valence-corrected chi connectivity index (χ3v) is 4.81. The van der Waals surface area contributed by atoms with Crippen molar-refractivity contribution in [1.29, 1.82) is 0 Å². The van der Waals surface area contributed by atoms with Crippen molar-refractivity contribution in [2.24, 2.45) is 5.41 Å².